The van der Waals surface area contributed by atoms with Gasteiger partial charge in [-0.15, -0.1) is 0 Å². The average Bonchev–Trinajstić information content (AvgIpc) is 2.75. The molecule has 1 N–H and O–H groups in total. The molecular formula is C9H8N4O3S. The Bertz CT molecular complexity index is 686. The van der Waals surface area contributed by atoms with Crippen molar-refractivity contribution < 1.29 is 13.0 Å². The summed E-state index contributed by atoms with van der Waals surface area (Å²) in [5.41, 5.74) is 0.489. The van der Waals surface area contributed by atoms with Crippen LogP contribution >= 0.6 is 0 Å². The molecule has 88 valence electrons. The first-order valence-corrected chi connectivity index (χ1v) is 6.16. The van der Waals surface area contributed by atoms with E-state index in [-0.39, 0.29) is 10.4 Å². The Labute approximate surface area is 97.0 Å². The maximum atomic E-state index is 11.9. The van der Waals surface area contributed by atoms with Crippen molar-refractivity contribution in [3.63, 3.8) is 0 Å². The fourth-order valence-corrected chi connectivity index (χ4v) is 2.62. The maximum absolute atomic E-state index is 11.9. The van der Waals surface area contributed by atoms with Crippen molar-refractivity contribution in [2.75, 3.05) is 0 Å². The Morgan fingerprint density at radius 2 is 2.24 bits per heavy atom. The molecule has 1 atom stereocenters. The lowest BCUT2D eigenvalue weighted by atomic mass is 10.3. The van der Waals surface area contributed by atoms with Crippen molar-refractivity contribution in [2.24, 2.45) is 0 Å². The van der Waals surface area contributed by atoms with Crippen LogP contribution in [0.2, 0.25) is 0 Å². The molecule has 0 fully saturated rings. The van der Waals surface area contributed by atoms with Gasteiger partial charge < -0.3 is 0 Å². The number of hydrogen-bond donors (Lipinski definition) is 1. The normalized spacial score (nSPS) is 13.4. The molecule has 0 unspecified atom stereocenters. The highest BCUT2D eigenvalue weighted by Gasteiger charge is 2.21. The van der Waals surface area contributed by atoms with Gasteiger partial charge in [-0.3, -0.25) is 0 Å². The fraction of sp³-hybridized carbons (Fsp3) is 0.222. The third kappa shape index (κ3) is 2.11. The molecule has 0 saturated carbocycles. The van der Waals surface area contributed by atoms with Crippen molar-refractivity contribution in [1.29, 1.82) is 5.26 Å². The van der Waals surface area contributed by atoms with Gasteiger partial charge >= 0.3 is 0 Å². The van der Waals surface area contributed by atoms with Crippen LogP contribution in [0.1, 0.15) is 6.92 Å². The molecule has 17 heavy (non-hydrogen) atoms. The lowest BCUT2D eigenvalue weighted by Gasteiger charge is -2.07. The number of aromatic nitrogens is 2. The molecule has 0 radical (unpaired) electrons. The standard InChI is InChI=1S/C9H8N4O3S/c1-6(5-10)13-17(14,15)8-4-2-3-7-9(8)12-16-11-7/h2-4,6,13H,1H3/t6-/m1/s1. The van der Waals surface area contributed by atoms with Crippen molar-refractivity contribution in [3.05, 3.63) is 18.2 Å². The van der Waals surface area contributed by atoms with E-state index in [1.165, 1.54) is 19.1 Å². The van der Waals surface area contributed by atoms with Gasteiger partial charge in [0.05, 0.1) is 6.07 Å². The summed E-state index contributed by atoms with van der Waals surface area (Å²) in [7, 11) is -3.80. The monoisotopic (exact) mass is 252 g/mol. The zero-order chi connectivity index (χ0) is 12.5. The van der Waals surface area contributed by atoms with Gasteiger partial charge in [-0.1, -0.05) is 6.07 Å². The third-order valence-electron chi connectivity index (χ3n) is 2.06. The van der Waals surface area contributed by atoms with E-state index >= 15 is 0 Å². The largest absolute Gasteiger partial charge is 0.244 e. The summed E-state index contributed by atoms with van der Waals surface area (Å²) in [6.45, 7) is 1.44. The Morgan fingerprint density at radius 1 is 1.47 bits per heavy atom. The van der Waals surface area contributed by atoms with Gasteiger partial charge in [-0.05, 0) is 29.4 Å². The van der Waals surface area contributed by atoms with Crippen LogP contribution in [0.25, 0.3) is 11.0 Å². The molecule has 0 amide bonds. The topological polar surface area (TPSA) is 109 Å². The highest BCUT2D eigenvalue weighted by atomic mass is 32.2. The third-order valence-corrected chi connectivity index (χ3v) is 3.64. The first-order valence-electron chi connectivity index (χ1n) is 4.68. The number of fused-ring (bicyclic) bond motifs is 1. The molecule has 2 aromatic rings. The smallest absolute Gasteiger partial charge is 0.243 e. The number of benzene rings is 1. The quantitative estimate of drug-likeness (QED) is 0.847. The number of rotatable bonds is 3. The summed E-state index contributed by atoms with van der Waals surface area (Å²) in [4.78, 5) is -0.0571. The summed E-state index contributed by atoms with van der Waals surface area (Å²) in [5.74, 6) is 0. The van der Waals surface area contributed by atoms with Crippen LogP contribution in [-0.4, -0.2) is 24.8 Å². The van der Waals surface area contributed by atoms with E-state index in [9.17, 15) is 8.42 Å². The summed E-state index contributed by atoms with van der Waals surface area (Å²) < 4.78 is 30.6. The van der Waals surface area contributed by atoms with Crippen LogP contribution in [-0.2, 0) is 10.0 Å². The minimum Gasteiger partial charge on any atom is -0.243 e. The zero-order valence-electron chi connectivity index (χ0n) is 8.78. The summed E-state index contributed by atoms with van der Waals surface area (Å²) in [6.07, 6.45) is 0. The molecule has 0 aliphatic rings. The van der Waals surface area contributed by atoms with Crippen molar-refractivity contribution >= 4 is 21.1 Å². The molecule has 0 aliphatic heterocycles. The Morgan fingerprint density at radius 3 is 2.94 bits per heavy atom. The first kappa shape index (κ1) is 11.5. The van der Waals surface area contributed by atoms with Gasteiger partial charge in [-0.25, -0.2) is 13.0 Å². The Hall–Kier alpha value is -1.98. The highest BCUT2D eigenvalue weighted by Crippen LogP contribution is 2.19. The number of nitrogens with one attached hydrogen (secondary N) is 1. The zero-order valence-corrected chi connectivity index (χ0v) is 9.60. The van der Waals surface area contributed by atoms with Crippen LogP contribution in [0.4, 0.5) is 0 Å². The van der Waals surface area contributed by atoms with Gasteiger partial charge in [0.2, 0.25) is 10.0 Å². The molecule has 2 rings (SSSR count). The number of nitrogens with zero attached hydrogens (tertiary/aromatic N) is 3. The molecule has 0 spiro atoms. The predicted molar refractivity (Wildman–Crippen MR) is 57.2 cm³/mol. The first-order chi connectivity index (χ1) is 8.04. The number of hydrogen-bond acceptors (Lipinski definition) is 6. The Kier molecular flexibility index (Phi) is 2.79. The van der Waals surface area contributed by atoms with Gasteiger partial charge in [0.1, 0.15) is 16.5 Å². The summed E-state index contributed by atoms with van der Waals surface area (Å²) >= 11 is 0. The van der Waals surface area contributed by atoms with Crippen molar-refractivity contribution in [2.45, 2.75) is 17.9 Å². The molecule has 1 aromatic heterocycles. The number of nitriles is 1. The lowest BCUT2D eigenvalue weighted by molar-refractivity contribution is 0.315. The fourth-order valence-electron chi connectivity index (χ4n) is 1.32. The molecule has 1 aromatic carbocycles. The van der Waals surface area contributed by atoms with E-state index in [0.29, 0.717) is 5.52 Å². The second kappa shape index (κ2) is 4.12. The van der Waals surface area contributed by atoms with Gasteiger partial charge in [0.25, 0.3) is 0 Å². The lowest BCUT2D eigenvalue weighted by Crippen LogP contribution is -2.31. The highest BCUT2D eigenvalue weighted by molar-refractivity contribution is 7.89. The van der Waals surface area contributed by atoms with Gasteiger partial charge in [-0.2, -0.15) is 9.98 Å². The molecule has 1 heterocycles. The molecule has 7 nitrogen and oxygen atoms in total. The molecule has 0 bridgehead atoms. The van der Waals surface area contributed by atoms with Crippen LogP contribution in [0.5, 0.6) is 0 Å². The average molecular weight is 252 g/mol. The van der Waals surface area contributed by atoms with Crippen LogP contribution in [0.3, 0.4) is 0 Å². The second-order valence-corrected chi connectivity index (χ2v) is 5.04. The number of sulfonamides is 1. The van der Waals surface area contributed by atoms with Crippen molar-refractivity contribution in [1.82, 2.24) is 15.0 Å². The van der Waals surface area contributed by atoms with E-state index in [1.54, 1.807) is 12.1 Å². The van der Waals surface area contributed by atoms with Gasteiger partial charge in [0.15, 0.2) is 5.52 Å². The van der Waals surface area contributed by atoms with E-state index in [4.69, 9.17) is 5.26 Å². The Balaban J connectivity index is 2.53. The van der Waals surface area contributed by atoms with E-state index in [0.717, 1.165) is 0 Å². The van der Waals surface area contributed by atoms with Crippen LogP contribution < -0.4 is 4.72 Å². The van der Waals surface area contributed by atoms with E-state index in [2.05, 4.69) is 19.7 Å². The maximum Gasteiger partial charge on any atom is 0.244 e. The van der Waals surface area contributed by atoms with Crippen molar-refractivity contribution in [3.8, 4) is 6.07 Å². The molecule has 0 saturated heterocycles. The molecule has 8 heteroatoms. The SMILES string of the molecule is C[C@H](C#N)NS(=O)(=O)c1cccc2nonc12. The van der Waals surface area contributed by atoms with E-state index < -0.39 is 16.1 Å². The second-order valence-electron chi connectivity index (χ2n) is 3.36. The van der Waals surface area contributed by atoms with Crippen LogP contribution in [0, 0.1) is 11.3 Å². The predicted octanol–water partition coefficient (Wildman–Crippen LogP) is 0.413. The van der Waals surface area contributed by atoms with Gasteiger partial charge in [0, 0.05) is 0 Å². The minimum atomic E-state index is -3.80. The molecular weight excluding hydrogens is 244 g/mol. The van der Waals surface area contributed by atoms with Crippen LogP contribution in [0.15, 0.2) is 27.7 Å². The van der Waals surface area contributed by atoms with E-state index in [1.807, 2.05) is 0 Å². The minimum absolute atomic E-state index is 0.0571. The summed E-state index contributed by atoms with van der Waals surface area (Å²) in [6, 6.07) is 5.44. The summed E-state index contributed by atoms with van der Waals surface area (Å²) in [5, 5.41) is 15.7. The molecule has 0 aliphatic carbocycles.